The molecule has 4 heteroatoms. The van der Waals surface area contributed by atoms with E-state index in [2.05, 4.69) is 11.4 Å². The quantitative estimate of drug-likeness (QED) is 0.763. The Labute approximate surface area is 108 Å². The molecule has 0 aromatic rings. The number of hydrogen-bond donors (Lipinski definition) is 1. The van der Waals surface area contributed by atoms with Crippen LogP contribution in [-0.2, 0) is 9.53 Å². The molecule has 4 nitrogen and oxygen atoms in total. The zero-order valence-corrected chi connectivity index (χ0v) is 10.9. The van der Waals surface area contributed by atoms with Crippen LogP contribution in [0.5, 0.6) is 0 Å². The van der Waals surface area contributed by atoms with Crippen LogP contribution in [0, 0.1) is 11.3 Å². The van der Waals surface area contributed by atoms with Crippen LogP contribution in [0.1, 0.15) is 39.0 Å². The fraction of sp³-hybridized carbons (Fsp3) is 0.714. The third-order valence-electron chi connectivity index (χ3n) is 3.92. The van der Waals surface area contributed by atoms with Crippen molar-refractivity contribution >= 4 is 11.9 Å². The van der Waals surface area contributed by atoms with E-state index in [1.807, 2.05) is 6.08 Å². The number of amides is 1. The van der Waals surface area contributed by atoms with Gasteiger partial charge in [-0.3, -0.25) is 4.79 Å². The molecule has 0 saturated heterocycles. The van der Waals surface area contributed by atoms with Crippen molar-refractivity contribution < 1.29 is 14.3 Å². The first-order valence-electron chi connectivity index (χ1n) is 6.69. The van der Waals surface area contributed by atoms with E-state index >= 15 is 0 Å². The van der Waals surface area contributed by atoms with E-state index in [1.165, 1.54) is 12.8 Å². The van der Waals surface area contributed by atoms with Crippen LogP contribution in [0.4, 0.5) is 4.79 Å². The van der Waals surface area contributed by atoms with E-state index in [0.717, 1.165) is 12.8 Å². The molecule has 0 bridgehead atoms. The third kappa shape index (κ3) is 3.34. The Morgan fingerprint density at radius 2 is 2.17 bits per heavy atom. The van der Waals surface area contributed by atoms with Gasteiger partial charge in [-0.2, -0.15) is 0 Å². The van der Waals surface area contributed by atoms with Gasteiger partial charge in [0.15, 0.2) is 0 Å². The topological polar surface area (TPSA) is 55.4 Å². The lowest BCUT2D eigenvalue weighted by Crippen LogP contribution is -2.38. The molecule has 100 valence electrons. The van der Waals surface area contributed by atoms with E-state index in [1.54, 1.807) is 6.92 Å². The maximum atomic E-state index is 11.8. The summed E-state index contributed by atoms with van der Waals surface area (Å²) in [5, 5.41) is 2.75. The average molecular weight is 251 g/mol. The number of ketones is 1. The molecule has 0 aromatic carbocycles. The molecule has 0 spiro atoms. The van der Waals surface area contributed by atoms with Crippen molar-refractivity contribution in [3.8, 4) is 0 Å². The summed E-state index contributed by atoms with van der Waals surface area (Å²) in [6, 6.07) is 0. The Balaban J connectivity index is 1.79. The maximum Gasteiger partial charge on any atom is 0.407 e. The fourth-order valence-corrected chi connectivity index (χ4v) is 2.25. The van der Waals surface area contributed by atoms with Gasteiger partial charge in [-0.05, 0) is 44.9 Å². The Morgan fingerprint density at radius 1 is 1.39 bits per heavy atom. The monoisotopic (exact) mass is 251 g/mol. The molecule has 1 unspecified atom stereocenters. The molecule has 18 heavy (non-hydrogen) atoms. The van der Waals surface area contributed by atoms with Gasteiger partial charge in [0.25, 0.3) is 0 Å². The van der Waals surface area contributed by atoms with Gasteiger partial charge in [0, 0.05) is 6.54 Å². The van der Waals surface area contributed by atoms with Gasteiger partial charge in [0.05, 0.1) is 5.41 Å². The first-order chi connectivity index (χ1) is 8.62. The molecule has 2 aliphatic carbocycles. The highest BCUT2D eigenvalue weighted by atomic mass is 16.5. The van der Waals surface area contributed by atoms with Gasteiger partial charge in [-0.25, -0.2) is 4.79 Å². The first-order valence-corrected chi connectivity index (χ1v) is 6.69. The lowest BCUT2D eigenvalue weighted by atomic mass is 9.75. The van der Waals surface area contributed by atoms with Crippen LogP contribution in [0.3, 0.4) is 0 Å². The van der Waals surface area contributed by atoms with Crippen LogP contribution >= 0.6 is 0 Å². The predicted octanol–water partition coefficient (Wildman–Crippen LogP) is 2.44. The largest absolute Gasteiger partial charge is 0.448 e. The van der Waals surface area contributed by atoms with Crippen molar-refractivity contribution in [3.63, 3.8) is 0 Å². The molecule has 1 N–H and O–H groups in total. The SMILES string of the molecule is CC(=O)C1(COC(=O)NCC2CC2)CC=CCC1. The first kappa shape index (κ1) is 13.1. The average Bonchev–Trinajstić information content (AvgIpc) is 3.19. The minimum absolute atomic E-state index is 0.113. The Bertz CT molecular complexity index is 360. The van der Waals surface area contributed by atoms with Gasteiger partial charge >= 0.3 is 6.09 Å². The Morgan fingerprint density at radius 3 is 2.72 bits per heavy atom. The Kier molecular flexibility index (Phi) is 4.04. The summed E-state index contributed by atoms with van der Waals surface area (Å²) in [5.74, 6) is 0.749. The third-order valence-corrected chi connectivity index (χ3v) is 3.92. The summed E-state index contributed by atoms with van der Waals surface area (Å²) in [6.45, 7) is 2.49. The summed E-state index contributed by atoms with van der Waals surface area (Å²) in [6.07, 6.45) is 8.42. The molecule has 2 rings (SSSR count). The van der Waals surface area contributed by atoms with Gasteiger partial charge in [-0.1, -0.05) is 12.2 Å². The summed E-state index contributed by atoms with van der Waals surface area (Å²) >= 11 is 0. The molecule has 2 aliphatic rings. The normalized spacial score (nSPS) is 26.7. The highest BCUT2D eigenvalue weighted by Crippen LogP contribution is 2.34. The minimum atomic E-state index is -0.494. The zero-order chi connectivity index (χ0) is 13.0. The number of ether oxygens (including phenoxy) is 1. The van der Waals surface area contributed by atoms with Gasteiger partial charge in [0.2, 0.25) is 0 Å². The summed E-state index contributed by atoms with van der Waals surface area (Å²) in [4.78, 5) is 23.3. The second-order valence-electron chi connectivity index (χ2n) is 5.45. The molecule has 1 amide bonds. The zero-order valence-electron chi connectivity index (χ0n) is 10.9. The second-order valence-corrected chi connectivity index (χ2v) is 5.45. The molecule has 0 aliphatic heterocycles. The fourth-order valence-electron chi connectivity index (χ4n) is 2.25. The van der Waals surface area contributed by atoms with Crippen LogP contribution in [0.25, 0.3) is 0 Å². The number of carbonyl (C=O) groups is 2. The molecule has 1 fully saturated rings. The van der Waals surface area contributed by atoms with E-state index in [-0.39, 0.29) is 12.4 Å². The van der Waals surface area contributed by atoms with Crippen molar-refractivity contribution in [2.75, 3.05) is 13.2 Å². The molecule has 1 saturated carbocycles. The lowest BCUT2D eigenvalue weighted by molar-refractivity contribution is -0.129. The lowest BCUT2D eigenvalue weighted by Gasteiger charge is -2.31. The molecule has 1 atom stereocenters. The summed E-state index contributed by atoms with van der Waals surface area (Å²) < 4.78 is 5.22. The molecular weight excluding hydrogens is 230 g/mol. The van der Waals surface area contributed by atoms with Gasteiger partial charge < -0.3 is 10.1 Å². The molecular formula is C14H21NO3. The second kappa shape index (κ2) is 5.55. The molecule has 0 heterocycles. The minimum Gasteiger partial charge on any atom is -0.448 e. The number of rotatable bonds is 5. The van der Waals surface area contributed by atoms with Crippen LogP contribution in [0.15, 0.2) is 12.2 Å². The van der Waals surface area contributed by atoms with Crippen LogP contribution < -0.4 is 5.32 Å². The van der Waals surface area contributed by atoms with E-state index in [9.17, 15) is 9.59 Å². The molecule has 0 aromatic heterocycles. The summed E-state index contributed by atoms with van der Waals surface area (Å²) in [7, 11) is 0. The Hall–Kier alpha value is -1.32. The highest BCUT2D eigenvalue weighted by molar-refractivity contribution is 5.83. The van der Waals surface area contributed by atoms with E-state index < -0.39 is 11.5 Å². The smallest absolute Gasteiger partial charge is 0.407 e. The van der Waals surface area contributed by atoms with Crippen molar-refractivity contribution in [2.24, 2.45) is 11.3 Å². The van der Waals surface area contributed by atoms with Crippen molar-refractivity contribution in [3.05, 3.63) is 12.2 Å². The van der Waals surface area contributed by atoms with Crippen molar-refractivity contribution in [2.45, 2.75) is 39.0 Å². The highest BCUT2D eigenvalue weighted by Gasteiger charge is 2.36. The number of hydrogen-bond acceptors (Lipinski definition) is 3. The number of alkyl carbamates (subject to hydrolysis) is 1. The van der Waals surface area contributed by atoms with Gasteiger partial charge in [-0.15, -0.1) is 0 Å². The predicted molar refractivity (Wildman–Crippen MR) is 68.2 cm³/mol. The van der Waals surface area contributed by atoms with Crippen LogP contribution in [-0.4, -0.2) is 25.0 Å². The van der Waals surface area contributed by atoms with E-state index in [4.69, 9.17) is 4.74 Å². The van der Waals surface area contributed by atoms with Crippen molar-refractivity contribution in [1.82, 2.24) is 5.32 Å². The summed E-state index contributed by atoms with van der Waals surface area (Å²) in [5.41, 5.74) is -0.494. The number of carbonyl (C=O) groups excluding carboxylic acids is 2. The van der Waals surface area contributed by atoms with Crippen LogP contribution in [0.2, 0.25) is 0 Å². The van der Waals surface area contributed by atoms with E-state index in [0.29, 0.717) is 18.9 Å². The van der Waals surface area contributed by atoms with Gasteiger partial charge in [0.1, 0.15) is 12.4 Å². The maximum absolute atomic E-state index is 11.8. The number of allylic oxidation sites excluding steroid dienone is 2. The number of Topliss-reactive ketones (excluding diaryl/α,β-unsaturated/α-hetero) is 1. The van der Waals surface area contributed by atoms with Crippen molar-refractivity contribution in [1.29, 1.82) is 0 Å². The number of nitrogens with one attached hydrogen (secondary N) is 1. The molecule has 0 radical (unpaired) electrons. The standard InChI is InChI=1S/C14H21NO3/c1-11(16)14(7-3-2-4-8-14)10-18-13(17)15-9-12-5-6-12/h2-3,12H,4-10H2,1H3,(H,15,17).